The normalized spacial score (nSPS) is 15.6. The Morgan fingerprint density at radius 1 is 1.32 bits per heavy atom. The molecule has 1 aliphatic rings. The van der Waals surface area contributed by atoms with Crippen molar-refractivity contribution in [3.05, 3.63) is 39.7 Å². The monoisotopic (exact) mass is 361 g/mol. The van der Waals surface area contributed by atoms with Gasteiger partial charge in [-0.3, -0.25) is 9.79 Å². The number of hydrogen-bond acceptors (Lipinski definition) is 5. The number of furan rings is 1. The molecule has 1 fully saturated rings. The van der Waals surface area contributed by atoms with Gasteiger partial charge in [-0.25, -0.2) is 4.98 Å². The third-order valence-corrected chi connectivity index (χ3v) is 5.35. The Bertz CT molecular complexity index is 726. The molecule has 7 nitrogen and oxygen atoms in total. The highest BCUT2D eigenvalue weighted by Crippen LogP contribution is 2.16. The van der Waals surface area contributed by atoms with E-state index in [0.29, 0.717) is 25.4 Å². The van der Waals surface area contributed by atoms with Gasteiger partial charge in [0, 0.05) is 38.1 Å². The number of nitrogens with one attached hydrogen (secondary N) is 1. The molecule has 1 saturated heterocycles. The van der Waals surface area contributed by atoms with Crippen LogP contribution in [0.5, 0.6) is 0 Å². The van der Waals surface area contributed by atoms with E-state index in [4.69, 9.17) is 4.42 Å². The molecular formula is C17H23N5O2S. The third-order valence-electron chi connectivity index (χ3n) is 4.28. The molecule has 134 valence electrons. The minimum Gasteiger partial charge on any atom is -0.459 e. The zero-order valence-corrected chi connectivity index (χ0v) is 15.6. The average molecular weight is 361 g/mol. The molecule has 0 aromatic carbocycles. The summed E-state index contributed by atoms with van der Waals surface area (Å²) in [5.74, 6) is 1.18. The molecular weight excluding hydrogens is 338 g/mol. The lowest BCUT2D eigenvalue weighted by atomic mass is 10.3. The van der Waals surface area contributed by atoms with Gasteiger partial charge in [0.15, 0.2) is 11.7 Å². The maximum absolute atomic E-state index is 12.3. The smallest absolute Gasteiger partial charge is 0.289 e. The van der Waals surface area contributed by atoms with Gasteiger partial charge in [0.25, 0.3) is 5.91 Å². The summed E-state index contributed by atoms with van der Waals surface area (Å²) in [6.45, 7) is 7.55. The van der Waals surface area contributed by atoms with Crippen molar-refractivity contribution in [2.75, 3.05) is 33.2 Å². The molecule has 8 heteroatoms. The number of piperazine rings is 1. The topological polar surface area (TPSA) is 74.0 Å². The molecule has 0 spiro atoms. The van der Waals surface area contributed by atoms with Gasteiger partial charge >= 0.3 is 0 Å². The van der Waals surface area contributed by atoms with Crippen molar-refractivity contribution in [3.63, 3.8) is 0 Å². The predicted molar refractivity (Wildman–Crippen MR) is 98.0 cm³/mol. The van der Waals surface area contributed by atoms with Crippen LogP contribution in [0.15, 0.2) is 27.8 Å². The van der Waals surface area contributed by atoms with E-state index in [1.165, 1.54) is 11.1 Å². The molecule has 0 atom stereocenters. The lowest BCUT2D eigenvalue weighted by molar-refractivity contribution is 0.0657. The van der Waals surface area contributed by atoms with Gasteiger partial charge in [-0.1, -0.05) is 0 Å². The maximum atomic E-state index is 12.3. The number of carbonyl (C=O) groups excluding carboxylic acids is 1. The standard InChI is InChI=1S/C17H23N5O2S/c1-12-13(2)25-15(20-12)11-19-17(18-3)22-8-6-21(7-9-22)16(23)14-5-4-10-24-14/h4-5,10H,6-9,11H2,1-3H3,(H,18,19). The molecule has 0 bridgehead atoms. The van der Waals surface area contributed by atoms with Crippen molar-refractivity contribution in [1.82, 2.24) is 20.1 Å². The molecule has 25 heavy (non-hydrogen) atoms. The fourth-order valence-electron chi connectivity index (χ4n) is 2.78. The number of rotatable bonds is 3. The molecule has 0 unspecified atom stereocenters. The summed E-state index contributed by atoms with van der Waals surface area (Å²) in [5, 5.41) is 4.43. The Hall–Kier alpha value is -2.35. The van der Waals surface area contributed by atoms with Crippen molar-refractivity contribution in [2.45, 2.75) is 20.4 Å². The van der Waals surface area contributed by atoms with E-state index >= 15 is 0 Å². The summed E-state index contributed by atoms with van der Waals surface area (Å²) < 4.78 is 5.20. The minimum atomic E-state index is -0.0543. The molecule has 3 heterocycles. The van der Waals surface area contributed by atoms with Crippen LogP contribution in [0.25, 0.3) is 0 Å². The Kier molecular flexibility index (Phi) is 5.37. The molecule has 1 aliphatic heterocycles. The predicted octanol–water partition coefficient (Wildman–Crippen LogP) is 1.89. The number of amides is 1. The summed E-state index contributed by atoms with van der Waals surface area (Å²) in [6.07, 6.45) is 1.53. The lowest BCUT2D eigenvalue weighted by Gasteiger charge is -2.36. The highest BCUT2D eigenvalue weighted by molar-refractivity contribution is 7.11. The number of aromatic nitrogens is 1. The van der Waals surface area contributed by atoms with Crippen LogP contribution in [-0.2, 0) is 6.54 Å². The highest BCUT2D eigenvalue weighted by Gasteiger charge is 2.25. The molecule has 1 N–H and O–H groups in total. The number of guanidine groups is 1. The van der Waals surface area contributed by atoms with Crippen LogP contribution in [0.3, 0.4) is 0 Å². The van der Waals surface area contributed by atoms with Crippen molar-refractivity contribution >= 4 is 23.2 Å². The molecule has 0 aliphatic carbocycles. The molecule has 2 aromatic heterocycles. The summed E-state index contributed by atoms with van der Waals surface area (Å²) >= 11 is 1.71. The number of hydrogen-bond donors (Lipinski definition) is 1. The van der Waals surface area contributed by atoms with Crippen molar-refractivity contribution in [3.8, 4) is 0 Å². The van der Waals surface area contributed by atoms with E-state index in [-0.39, 0.29) is 5.91 Å². The zero-order valence-electron chi connectivity index (χ0n) is 14.8. The van der Waals surface area contributed by atoms with E-state index in [1.54, 1.807) is 30.5 Å². The van der Waals surface area contributed by atoms with Gasteiger partial charge in [0.05, 0.1) is 18.5 Å². The van der Waals surface area contributed by atoms with Crippen LogP contribution >= 0.6 is 11.3 Å². The Labute approximate surface area is 151 Å². The lowest BCUT2D eigenvalue weighted by Crippen LogP contribution is -2.53. The first-order valence-electron chi connectivity index (χ1n) is 8.29. The first kappa shape index (κ1) is 17.5. The van der Waals surface area contributed by atoms with E-state index in [0.717, 1.165) is 29.8 Å². The fraction of sp³-hybridized carbons (Fsp3) is 0.471. The van der Waals surface area contributed by atoms with Gasteiger partial charge in [0.2, 0.25) is 0 Å². The minimum absolute atomic E-state index is 0.0543. The number of thiazole rings is 1. The second-order valence-corrected chi connectivity index (χ2v) is 7.19. The Balaban J connectivity index is 1.52. The van der Waals surface area contributed by atoms with Crippen LogP contribution in [0.4, 0.5) is 0 Å². The SMILES string of the molecule is CN=C(NCc1nc(C)c(C)s1)N1CCN(C(=O)c2ccco2)CC1. The summed E-state index contributed by atoms with van der Waals surface area (Å²) in [5.41, 5.74) is 1.09. The van der Waals surface area contributed by atoms with Crippen LogP contribution in [0, 0.1) is 13.8 Å². The van der Waals surface area contributed by atoms with Gasteiger partial charge in [-0.2, -0.15) is 0 Å². The number of aliphatic imine (C=N–C) groups is 1. The molecule has 1 amide bonds. The maximum Gasteiger partial charge on any atom is 0.289 e. The number of carbonyl (C=O) groups is 1. The number of nitrogens with zero attached hydrogens (tertiary/aromatic N) is 4. The highest BCUT2D eigenvalue weighted by atomic mass is 32.1. The van der Waals surface area contributed by atoms with Crippen molar-refractivity contribution < 1.29 is 9.21 Å². The third kappa shape index (κ3) is 4.01. The van der Waals surface area contributed by atoms with E-state index < -0.39 is 0 Å². The second kappa shape index (κ2) is 7.69. The zero-order chi connectivity index (χ0) is 17.8. The Morgan fingerprint density at radius 2 is 2.04 bits per heavy atom. The average Bonchev–Trinajstić information content (AvgIpc) is 3.26. The van der Waals surface area contributed by atoms with Crippen molar-refractivity contribution in [1.29, 1.82) is 0 Å². The molecule has 3 rings (SSSR count). The largest absolute Gasteiger partial charge is 0.459 e. The van der Waals surface area contributed by atoms with Gasteiger partial charge < -0.3 is 19.5 Å². The fourth-order valence-corrected chi connectivity index (χ4v) is 3.65. The quantitative estimate of drug-likeness (QED) is 0.667. The van der Waals surface area contributed by atoms with E-state index in [9.17, 15) is 4.79 Å². The van der Waals surface area contributed by atoms with Crippen LogP contribution in [-0.4, -0.2) is 59.9 Å². The number of aryl methyl sites for hydroxylation is 2. The van der Waals surface area contributed by atoms with Crippen LogP contribution < -0.4 is 5.32 Å². The van der Waals surface area contributed by atoms with Gasteiger partial charge in [-0.05, 0) is 26.0 Å². The van der Waals surface area contributed by atoms with Gasteiger partial charge in [0.1, 0.15) is 5.01 Å². The summed E-state index contributed by atoms with van der Waals surface area (Å²) in [4.78, 5) is 26.4. The second-order valence-electron chi connectivity index (χ2n) is 5.91. The van der Waals surface area contributed by atoms with E-state index in [1.807, 2.05) is 11.8 Å². The van der Waals surface area contributed by atoms with Crippen molar-refractivity contribution in [2.24, 2.45) is 4.99 Å². The molecule has 2 aromatic rings. The summed E-state index contributed by atoms with van der Waals surface area (Å²) in [6, 6.07) is 3.44. The van der Waals surface area contributed by atoms with Gasteiger partial charge in [-0.15, -0.1) is 11.3 Å². The Morgan fingerprint density at radius 3 is 2.60 bits per heavy atom. The first-order chi connectivity index (χ1) is 12.1. The first-order valence-corrected chi connectivity index (χ1v) is 9.11. The van der Waals surface area contributed by atoms with E-state index in [2.05, 4.69) is 27.1 Å². The van der Waals surface area contributed by atoms with Crippen LogP contribution in [0.2, 0.25) is 0 Å². The molecule has 0 saturated carbocycles. The molecule has 0 radical (unpaired) electrons. The van der Waals surface area contributed by atoms with Crippen LogP contribution in [0.1, 0.15) is 26.1 Å². The summed E-state index contributed by atoms with van der Waals surface area (Å²) in [7, 11) is 1.78.